The largest absolute Gasteiger partial charge is 0.364 e. The average molecular weight is 487 g/mol. The zero-order valence-electron chi connectivity index (χ0n) is 17.5. The van der Waals surface area contributed by atoms with E-state index >= 15 is 0 Å². The molecule has 5 heterocycles. The molecule has 3 aliphatic rings. The van der Waals surface area contributed by atoms with Crippen LogP contribution in [0.1, 0.15) is 32.4 Å². The second-order valence-corrected chi connectivity index (χ2v) is 9.68. The second-order valence-electron chi connectivity index (χ2n) is 7.75. The molecule has 3 saturated heterocycles. The SMILES string of the molecule is NC(=O)c1nccs1.O=C(N[C@H]1CN2CCC1CC2)c1ncc(-c2ccc([N+](=O)[O-])cc2)s1. The summed E-state index contributed by atoms with van der Waals surface area (Å²) in [5.74, 6) is -0.0139. The van der Waals surface area contributed by atoms with Gasteiger partial charge in [0.15, 0.2) is 10.0 Å². The minimum Gasteiger partial charge on any atom is -0.364 e. The first-order valence-electron chi connectivity index (χ1n) is 10.3. The third kappa shape index (κ3) is 5.59. The Labute approximate surface area is 197 Å². The standard InChI is InChI=1S/C17H18N4O3S.C4H4N2OS/c22-16(19-14-10-20-7-5-11(14)6-8-20)17-18-9-15(25-17)12-1-3-13(4-2-12)21(23)24;5-3(7)4-6-1-2-8-4/h1-4,9,11,14H,5-8,10H2,(H,19,22);1-2H,(H2,5,7)/t14-;/m0./s1. The van der Waals surface area contributed by atoms with Gasteiger partial charge in [0.1, 0.15) is 0 Å². The maximum absolute atomic E-state index is 12.5. The van der Waals surface area contributed by atoms with Crippen molar-refractivity contribution >= 4 is 40.2 Å². The summed E-state index contributed by atoms with van der Waals surface area (Å²) in [6.07, 6.45) is 5.50. The molecule has 0 saturated carbocycles. The molecule has 0 unspecified atom stereocenters. The van der Waals surface area contributed by atoms with Gasteiger partial charge in [0.25, 0.3) is 17.5 Å². The van der Waals surface area contributed by atoms with Crippen molar-refractivity contribution in [2.75, 3.05) is 19.6 Å². The molecule has 33 heavy (non-hydrogen) atoms. The van der Waals surface area contributed by atoms with Gasteiger partial charge in [0, 0.05) is 42.5 Å². The van der Waals surface area contributed by atoms with Crippen LogP contribution in [0.25, 0.3) is 10.4 Å². The molecule has 3 aliphatic heterocycles. The van der Waals surface area contributed by atoms with Crippen molar-refractivity contribution < 1.29 is 14.5 Å². The van der Waals surface area contributed by atoms with Crippen LogP contribution in [0.15, 0.2) is 42.0 Å². The van der Waals surface area contributed by atoms with Gasteiger partial charge in [0.2, 0.25) is 0 Å². The van der Waals surface area contributed by atoms with Gasteiger partial charge in [-0.3, -0.25) is 19.7 Å². The number of nitrogens with one attached hydrogen (secondary N) is 1. The number of nitro groups is 1. The number of nitrogens with zero attached hydrogens (tertiary/aromatic N) is 4. The summed E-state index contributed by atoms with van der Waals surface area (Å²) in [6, 6.07) is 6.49. The summed E-state index contributed by atoms with van der Waals surface area (Å²) >= 11 is 2.56. The first-order valence-corrected chi connectivity index (χ1v) is 12.0. The normalized spacial score (nSPS) is 21.0. The second kappa shape index (κ2) is 10.1. The number of hydrogen-bond acceptors (Lipinski definition) is 9. The van der Waals surface area contributed by atoms with E-state index in [4.69, 9.17) is 5.73 Å². The van der Waals surface area contributed by atoms with E-state index < -0.39 is 10.8 Å². The summed E-state index contributed by atoms with van der Waals surface area (Å²) < 4.78 is 0. The number of hydrogen-bond donors (Lipinski definition) is 2. The van der Waals surface area contributed by atoms with Crippen LogP contribution in [0.5, 0.6) is 0 Å². The number of piperidine rings is 3. The first-order chi connectivity index (χ1) is 15.9. The van der Waals surface area contributed by atoms with Crippen LogP contribution in [0, 0.1) is 16.0 Å². The first kappa shape index (κ1) is 23.0. The molecule has 172 valence electrons. The van der Waals surface area contributed by atoms with Crippen molar-refractivity contribution in [1.29, 1.82) is 0 Å². The van der Waals surface area contributed by atoms with Crippen molar-refractivity contribution in [1.82, 2.24) is 20.2 Å². The molecule has 1 atom stereocenters. The fourth-order valence-electron chi connectivity index (χ4n) is 3.96. The number of benzene rings is 1. The Morgan fingerprint density at radius 3 is 2.39 bits per heavy atom. The van der Waals surface area contributed by atoms with Crippen molar-refractivity contribution in [3.05, 3.63) is 62.2 Å². The molecule has 6 rings (SSSR count). The Kier molecular flexibility index (Phi) is 7.06. The summed E-state index contributed by atoms with van der Waals surface area (Å²) in [4.78, 5) is 44.2. The molecule has 0 spiro atoms. The molecule has 1 aromatic carbocycles. The number of carbonyl (C=O) groups is 2. The topological polar surface area (TPSA) is 144 Å². The number of thiazole rings is 2. The van der Waals surface area contributed by atoms with Gasteiger partial charge in [-0.25, -0.2) is 9.97 Å². The van der Waals surface area contributed by atoms with Gasteiger partial charge in [-0.05, 0) is 49.5 Å². The fourth-order valence-corrected chi connectivity index (χ4v) is 5.28. The molecule has 10 nitrogen and oxygen atoms in total. The van der Waals surface area contributed by atoms with E-state index in [1.165, 1.54) is 34.8 Å². The summed E-state index contributed by atoms with van der Waals surface area (Å²) in [5.41, 5.74) is 5.74. The number of non-ortho nitro benzene ring substituents is 1. The Balaban J connectivity index is 0.000000275. The molecule has 0 aliphatic carbocycles. The lowest BCUT2D eigenvalue weighted by molar-refractivity contribution is -0.384. The lowest BCUT2D eigenvalue weighted by Gasteiger charge is -2.44. The van der Waals surface area contributed by atoms with Gasteiger partial charge in [-0.1, -0.05) is 0 Å². The third-order valence-electron chi connectivity index (χ3n) is 5.68. The Morgan fingerprint density at radius 1 is 1.15 bits per heavy atom. The number of amides is 2. The highest BCUT2D eigenvalue weighted by Crippen LogP contribution is 2.30. The highest BCUT2D eigenvalue weighted by Gasteiger charge is 2.35. The van der Waals surface area contributed by atoms with E-state index in [1.807, 2.05) is 0 Å². The average Bonchev–Trinajstić information content (AvgIpc) is 3.53. The third-order valence-corrected chi connectivity index (χ3v) is 7.51. The molecular weight excluding hydrogens is 464 g/mol. The zero-order valence-corrected chi connectivity index (χ0v) is 19.2. The summed E-state index contributed by atoms with van der Waals surface area (Å²) in [5, 5.41) is 16.4. The molecule has 2 aromatic heterocycles. The van der Waals surface area contributed by atoms with E-state index in [9.17, 15) is 19.7 Å². The van der Waals surface area contributed by atoms with E-state index in [0.29, 0.717) is 15.9 Å². The van der Waals surface area contributed by atoms with Gasteiger partial charge in [-0.15, -0.1) is 22.7 Å². The van der Waals surface area contributed by atoms with Crippen LogP contribution in [-0.2, 0) is 0 Å². The predicted octanol–water partition coefficient (Wildman–Crippen LogP) is 2.78. The fraction of sp³-hybridized carbons (Fsp3) is 0.333. The highest BCUT2D eigenvalue weighted by atomic mass is 32.1. The van der Waals surface area contributed by atoms with E-state index in [0.717, 1.165) is 42.9 Å². The Hall–Kier alpha value is -3.22. The summed E-state index contributed by atoms with van der Waals surface area (Å²) in [7, 11) is 0. The number of aromatic nitrogens is 2. The maximum atomic E-state index is 12.5. The maximum Gasteiger partial charge on any atom is 0.280 e. The van der Waals surface area contributed by atoms with Crippen molar-refractivity contribution in [2.24, 2.45) is 11.7 Å². The number of primary amides is 1. The van der Waals surface area contributed by atoms with E-state index in [-0.39, 0.29) is 17.6 Å². The number of carbonyl (C=O) groups excluding carboxylic acids is 2. The Bertz CT molecular complexity index is 1120. The zero-order chi connectivity index (χ0) is 23.4. The minimum atomic E-state index is -0.458. The van der Waals surface area contributed by atoms with Crippen LogP contribution in [0.2, 0.25) is 0 Å². The van der Waals surface area contributed by atoms with Crippen molar-refractivity contribution in [3.8, 4) is 10.4 Å². The molecule has 0 radical (unpaired) electrons. The lowest BCUT2D eigenvalue weighted by atomic mass is 9.84. The van der Waals surface area contributed by atoms with Crippen LogP contribution in [-0.4, -0.2) is 57.3 Å². The molecule has 3 aromatic rings. The van der Waals surface area contributed by atoms with E-state index in [1.54, 1.807) is 29.9 Å². The van der Waals surface area contributed by atoms with E-state index in [2.05, 4.69) is 20.2 Å². The Morgan fingerprint density at radius 2 is 1.88 bits per heavy atom. The van der Waals surface area contributed by atoms with Gasteiger partial charge in [0.05, 0.1) is 9.80 Å². The van der Waals surface area contributed by atoms with Crippen LogP contribution >= 0.6 is 22.7 Å². The van der Waals surface area contributed by atoms with Crippen molar-refractivity contribution in [3.63, 3.8) is 0 Å². The predicted molar refractivity (Wildman–Crippen MR) is 125 cm³/mol. The minimum absolute atomic E-state index is 0.0496. The summed E-state index contributed by atoms with van der Waals surface area (Å²) in [6.45, 7) is 3.20. The molecule has 2 amide bonds. The smallest absolute Gasteiger partial charge is 0.280 e. The molecule has 2 bridgehead atoms. The highest BCUT2D eigenvalue weighted by molar-refractivity contribution is 7.17. The molecule has 12 heteroatoms. The molecule has 3 fully saturated rings. The number of fused-ring (bicyclic) bond motifs is 3. The number of rotatable bonds is 5. The van der Waals surface area contributed by atoms with Gasteiger partial charge >= 0.3 is 0 Å². The van der Waals surface area contributed by atoms with Crippen molar-refractivity contribution in [2.45, 2.75) is 18.9 Å². The van der Waals surface area contributed by atoms with Gasteiger partial charge in [-0.2, -0.15) is 0 Å². The number of nitrogens with two attached hydrogens (primary N) is 1. The molecular formula is C21H22N6O4S2. The molecule has 3 N–H and O–H groups in total. The van der Waals surface area contributed by atoms with Crippen LogP contribution in [0.4, 0.5) is 5.69 Å². The van der Waals surface area contributed by atoms with Crippen LogP contribution in [0.3, 0.4) is 0 Å². The quantitative estimate of drug-likeness (QED) is 0.417. The monoisotopic (exact) mass is 486 g/mol. The lowest BCUT2D eigenvalue weighted by Crippen LogP contribution is -2.57. The van der Waals surface area contributed by atoms with Crippen LogP contribution < -0.4 is 11.1 Å². The number of nitro benzene ring substituents is 1. The van der Waals surface area contributed by atoms with Gasteiger partial charge < -0.3 is 16.0 Å².